The van der Waals surface area contributed by atoms with E-state index in [2.05, 4.69) is 48.6 Å². The lowest BCUT2D eigenvalue weighted by Crippen LogP contribution is -2.19. The predicted molar refractivity (Wildman–Crippen MR) is 97.2 cm³/mol. The molecule has 132 valence electrons. The van der Waals surface area contributed by atoms with Crippen LogP contribution in [-0.2, 0) is 24.2 Å². The van der Waals surface area contributed by atoms with Crippen molar-refractivity contribution < 1.29 is 14.2 Å². The third-order valence-corrected chi connectivity index (χ3v) is 4.80. The van der Waals surface area contributed by atoms with Gasteiger partial charge < -0.3 is 19.5 Å². The maximum Gasteiger partial charge on any atom is 0.124 e. The Bertz CT molecular complexity index is 738. The lowest BCUT2D eigenvalue weighted by Gasteiger charge is -2.17. The Morgan fingerprint density at radius 1 is 1.12 bits per heavy atom. The van der Waals surface area contributed by atoms with E-state index in [1.807, 2.05) is 0 Å². The van der Waals surface area contributed by atoms with Gasteiger partial charge in [-0.25, -0.2) is 0 Å². The normalized spacial score (nSPS) is 18.8. The van der Waals surface area contributed by atoms with E-state index in [0.29, 0.717) is 6.61 Å². The SMILES string of the molecule is Cc1ccc(CNCc2ccc3c(c2)CCO3)c(O[C@H]2CCOC2)c1. The maximum absolute atomic E-state index is 6.17. The van der Waals surface area contributed by atoms with Crippen molar-refractivity contribution in [3.05, 3.63) is 58.7 Å². The van der Waals surface area contributed by atoms with Gasteiger partial charge in [0.2, 0.25) is 0 Å². The van der Waals surface area contributed by atoms with Gasteiger partial charge in [0, 0.05) is 31.5 Å². The molecule has 2 aliphatic heterocycles. The molecule has 2 aromatic rings. The topological polar surface area (TPSA) is 39.7 Å². The van der Waals surface area contributed by atoms with E-state index in [1.54, 1.807) is 0 Å². The summed E-state index contributed by atoms with van der Waals surface area (Å²) < 4.78 is 17.2. The monoisotopic (exact) mass is 339 g/mol. The van der Waals surface area contributed by atoms with E-state index >= 15 is 0 Å². The largest absolute Gasteiger partial charge is 0.493 e. The summed E-state index contributed by atoms with van der Waals surface area (Å²) >= 11 is 0. The minimum absolute atomic E-state index is 0.178. The summed E-state index contributed by atoms with van der Waals surface area (Å²) in [6.07, 6.45) is 2.16. The molecule has 0 aliphatic carbocycles. The van der Waals surface area contributed by atoms with E-state index < -0.39 is 0 Å². The van der Waals surface area contributed by atoms with Crippen LogP contribution in [0.4, 0.5) is 0 Å². The van der Waals surface area contributed by atoms with Crippen LogP contribution in [0, 0.1) is 6.92 Å². The molecule has 0 aromatic heterocycles. The van der Waals surface area contributed by atoms with Gasteiger partial charge >= 0.3 is 0 Å². The Morgan fingerprint density at radius 2 is 2.08 bits per heavy atom. The summed E-state index contributed by atoms with van der Waals surface area (Å²) in [6.45, 7) is 6.02. The number of hydrogen-bond donors (Lipinski definition) is 1. The van der Waals surface area contributed by atoms with E-state index in [4.69, 9.17) is 14.2 Å². The maximum atomic E-state index is 6.17. The highest BCUT2D eigenvalue weighted by Crippen LogP contribution is 2.26. The first kappa shape index (κ1) is 16.4. The van der Waals surface area contributed by atoms with Crippen molar-refractivity contribution in [2.75, 3.05) is 19.8 Å². The van der Waals surface area contributed by atoms with E-state index in [9.17, 15) is 0 Å². The second kappa shape index (κ2) is 7.46. The van der Waals surface area contributed by atoms with Gasteiger partial charge in [-0.2, -0.15) is 0 Å². The summed E-state index contributed by atoms with van der Waals surface area (Å²) in [5.74, 6) is 2.02. The molecule has 4 heteroatoms. The van der Waals surface area contributed by atoms with Gasteiger partial charge in [-0.3, -0.25) is 0 Å². The summed E-state index contributed by atoms with van der Waals surface area (Å²) in [7, 11) is 0. The number of rotatable bonds is 6. The van der Waals surface area contributed by atoms with Crippen molar-refractivity contribution in [3.63, 3.8) is 0 Å². The standard InChI is InChI=1S/C21H25NO3/c1-15-2-4-18(21(10-15)25-19-7-8-23-14-19)13-22-12-16-3-5-20-17(11-16)6-9-24-20/h2-5,10-11,19,22H,6-9,12-14H2,1H3/t19-/m0/s1. The lowest BCUT2D eigenvalue weighted by atomic mass is 10.1. The Morgan fingerprint density at radius 3 is 2.96 bits per heavy atom. The van der Waals surface area contributed by atoms with Crippen molar-refractivity contribution in [2.24, 2.45) is 0 Å². The summed E-state index contributed by atoms with van der Waals surface area (Å²) in [5.41, 5.74) is 5.03. The van der Waals surface area contributed by atoms with Crippen LogP contribution in [0.15, 0.2) is 36.4 Å². The zero-order valence-corrected chi connectivity index (χ0v) is 14.7. The molecular weight excluding hydrogens is 314 g/mol. The number of benzene rings is 2. The van der Waals surface area contributed by atoms with Crippen LogP contribution in [0.25, 0.3) is 0 Å². The minimum atomic E-state index is 0.178. The van der Waals surface area contributed by atoms with Gasteiger partial charge in [0.15, 0.2) is 0 Å². The molecule has 0 saturated carbocycles. The van der Waals surface area contributed by atoms with Gasteiger partial charge in [-0.05, 0) is 35.7 Å². The van der Waals surface area contributed by atoms with Crippen molar-refractivity contribution in [3.8, 4) is 11.5 Å². The van der Waals surface area contributed by atoms with Crippen LogP contribution in [0.3, 0.4) is 0 Å². The highest BCUT2D eigenvalue weighted by atomic mass is 16.5. The zero-order chi connectivity index (χ0) is 17.1. The van der Waals surface area contributed by atoms with Gasteiger partial charge in [0.25, 0.3) is 0 Å². The van der Waals surface area contributed by atoms with E-state index in [1.165, 1.54) is 22.3 Å². The second-order valence-electron chi connectivity index (χ2n) is 6.86. The van der Waals surface area contributed by atoms with E-state index in [-0.39, 0.29) is 6.10 Å². The first-order valence-electron chi connectivity index (χ1n) is 9.07. The molecule has 4 rings (SSSR count). The van der Waals surface area contributed by atoms with Crippen molar-refractivity contribution in [1.29, 1.82) is 0 Å². The van der Waals surface area contributed by atoms with E-state index in [0.717, 1.165) is 50.6 Å². The molecule has 1 fully saturated rings. The number of ether oxygens (including phenoxy) is 3. The Kier molecular flexibility index (Phi) is 4.90. The highest BCUT2D eigenvalue weighted by molar-refractivity contribution is 5.40. The molecule has 2 aromatic carbocycles. The van der Waals surface area contributed by atoms with Crippen LogP contribution >= 0.6 is 0 Å². The van der Waals surface area contributed by atoms with Crippen LogP contribution in [-0.4, -0.2) is 25.9 Å². The van der Waals surface area contributed by atoms with Crippen LogP contribution in [0.2, 0.25) is 0 Å². The fraction of sp³-hybridized carbons (Fsp3) is 0.429. The molecule has 0 spiro atoms. The van der Waals surface area contributed by atoms with Crippen LogP contribution in [0.5, 0.6) is 11.5 Å². The third kappa shape index (κ3) is 3.97. The smallest absolute Gasteiger partial charge is 0.124 e. The quantitative estimate of drug-likeness (QED) is 0.876. The molecule has 25 heavy (non-hydrogen) atoms. The Balaban J connectivity index is 1.38. The summed E-state index contributed by atoms with van der Waals surface area (Å²) in [4.78, 5) is 0. The molecule has 1 atom stereocenters. The highest BCUT2D eigenvalue weighted by Gasteiger charge is 2.18. The first-order valence-corrected chi connectivity index (χ1v) is 9.07. The number of hydrogen-bond acceptors (Lipinski definition) is 4. The van der Waals surface area contributed by atoms with Crippen molar-refractivity contribution >= 4 is 0 Å². The molecule has 0 radical (unpaired) electrons. The van der Waals surface area contributed by atoms with Gasteiger partial charge in [-0.15, -0.1) is 0 Å². The molecule has 2 aliphatic rings. The number of nitrogens with one attached hydrogen (secondary N) is 1. The molecule has 2 heterocycles. The van der Waals surface area contributed by atoms with Crippen LogP contribution < -0.4 is 14.8 Å². The average molecular weight is 339 g/mol. The van der Waals surface area contributed by atoms with Crippen molar-refractivity contribution in [1.82, 2.24) is 5.32 Å². The predicted octanol–water partition coefficient (Wildman–Crippen LogP) is 3.39. The van der Waals surface area contributed by atoms with Gasteiger partial charge in [-0.1, -0.05) is 24.3 Å². The Labute approximate surface area is 149 Å². The average Bonchev–Trinajstić information content (AvgIpc) is 3.28. The number of fused-ring (bicyclic) bond motifs is 1. The first-order chi connectivity index (χ1) is 12.3. The van der Waals surface area contributed by atoms with Gasteiger partial charge in [0.1, 0.15) is 17.6 Å². The van der Waals surface area contributed by atoms with Gasteiger partial charge in [0.05, 0.1) is 19.8 Å². The van der Waals surface area contributed by atoms with Crippen LogP contribution in [0.1, 0.15) is 28.7 Å². The summed E-state index contributed by atoms with van der Waals surface area (Å²) in [6, 6.07) is 12.9. The third-order valence-electron chi connectivity index (χ3n) is 4.80. The zero-order valence-electron chi connectivity index (χ0n) is 14.7. The molecule has 0 unspecified atom stereocenters. The fourth-order valence-corrected chi connectivity index (χ4v) is 3.39. The lowest BCUT2D eigenvalue weighted by molar-refractivity contribution is 0.140. The molecule has 0 bridgehead atoms. The molecule has 4 nitrogen and oxygen atoms in total. The molecule has 1 N–H and O–H groups in total. The number of aryl methyl sites for hydroxylation is 1. The summed E-state index contributed by atoms with van der Waals surface area (Å²) in [5, 5.41) is 3.54. The van der Waals surface area contributed by atoms with Crippen molar-refractivity contribution in [2.45, 2.75) is 39.0 Å². The minimum Gasteiger partial charge on any atom is -0.493 e. The molecule has 0 amide bonds. The Hall–Kier alpha value is -2.04. The molecular formula is C21H25NO3. The fourth-order valence-electron chi connectivity index (χ4n) is 3.39. The second-order valence-corrected chi connectivity index (χ2v) is 6.86. The molecule has 1 saturated heterocycles.